The van der Waals surface area contributed by atoms with Crippen LogP contribution in [0, 0.1) is 0 Å². The van der Waals surface area contributed by atoms with Gasteiger partial charge in [0.05, 0.1) is 18.8 Å². The number of halogens is 1. The largest absolute Gasteiger partial charge is 0.497 e. The zero-order valence-electron chi connectivity index (χ0n) is 12.0. The minimum Gasteiger partial charge on any atom is -0.497 e. The van der Waals surface area contributed by atoms with Crippen molar-refractivity contribution in [2.24, 2.45) is 0 Å². The Morgan fingerprint density at radius 1 is 1.50 bits per heavy atom. The number of rotatable bonds is 5. The van der Waals surface area contributed by atoms with Crippen LogP contribution >= 0.6 is 15.9 Å². The van der Waals surface area contributed by atoms with E-state index >= 15 is 0 Å². The Hall–Kier alpha value is -1.07. The molecule has 2 rings (SSSR count). The Kier molecular flexibility index (Phi) is 5.43. The quantitative estimate of drug-likeness (QED) is 0.895. The minimum atomic E-state index is -0.0678. The van der Waals surface area contributed by atoms with E-state index in [2.05, 4.69) is 28.2 Å². The Morgan fingerprint density at radius 3 is 3.00 bits per heavy atom. The van der Waals surface area contributed by atoms with E-state index in [1.165, 1.54) is 0 Å². The summed E-state index contributed by atoms with van der Waals surface area (Å²) in [5.41, 5.74) is 0.886. The van der Waals surface area contributed by atoms with Crippen molar-refractivity contribution in [1.29, 1.82) is 0 Å². The first-order chi connectivity index (χ1) is 9.67. The molecule has 0 bridgehead atoms. The van der Waals surface area contributed by atoms with Crippen molar-refractivity contribution in [2.45, 2.75) is 32.2 Å². The van der Waals surface area contributed by atoms with Gasteiger partial charge in [-0.15, -0.1) is 0 Å². The third kappa shape index (κ3) is 3.33. The van der Waals surface area contributed by atoms with Crippen LogP contribution in [0.5, 0.6) is 5.75 Å². The summed E-state index contributed by atoms with van der Waals surface area (Å²) in [4.78, 5) is 14.4. The lowest BCUT2D eigenvalue weighted by Crippen LogP contribution is -2.51. The van der Waals surface area contributed by atoms with Crippen molar-refractivity contribution in [3.8, 4) is 5.75 Å². The van der Waals surface area contributed by atoms with E-state index in [1.807, 2.05) is 23.1 Å². The summed E-state index contributed by atoms with van der Waals surface area (Å²) in [6.45, 7) is 3.75. The average molecular weight is 341 g/mol. The monoisotopic (exact) mass is 340 g/mol. The fraction of sp³-hybridized carbons (Fsp3) is 0.533. The van der Waals surface area contributed by atoms with Gasteiger partial charge in [0.25, 0.3) is 0 Å². The number of nitrogens with zero attached hydrogens (tertiary/aromatic N) is 1. The smallest absolute Gasteiger partial charge is 0.244 e. The minimum absolute atomic E-state index is 0.0678. The maximum atomic E-state index is 12.6. The molecule has 0 radical (unpaired) electrons. The second-order valence-corrected chi connectivity index (χ2v) is 5.81. The van der Waals surface area contributed by atoms with Crippen molar-refractivity contribution in [3.05, 3.63) is 22.7 Å². The highest BCUT2D eigenvalue weighted by Gasteiger charge is 2.30. The molecule has 1 amide bonds. The molecule has 1 aromatic carbocycles. The van der Waals surface area contributed by atoms with Gasteiger partial charge in [-0.3, -0.25) is 4.79 Å². The van der Waals surface area contributed by atoms with Crippen molar-refractivity contribution in [3.63, 3.8) is 0 Å². The van der Waals surface area contributed by atoms with Crippen LogP contribution in [0.3, 0.4) is 0 Å². The topological polar surface area (TPSA) is 41.6 Å². The summed E-state index contributed by atoms with van der Waals surface area (Å²) in [5.74, 6) is 0.915. The van der Waals surface area contributed by atoms with Crippen LogP contribution in [0.2, 0.25) is 0 Å². The summed E-state index contributed by atoms with van der Waals surface area (Å²) >= 11 is 3.53. The summed E-state index contributed by atoms with van der Waals surface area (Å²) in [7, 11) is 1.64. The van der Waals surface area contributed by atoms with Crippen LogP contribution in [-0.4, -0.2) is 32.1 Å². The number of carbonyl (C=O) groups is 1. The highest BCUT2D eigenvalue weighted by molar-refractivity contribution is 9.10. The third-order valence-electron chi connectivity index (χ3n) is 3.52. The molecule has 4 nitrogen and oxygen atoms in total. The average Bonchev–Trinajstić information content (AvgIpc) is 2.47. The number of hydrogen-bond donors (Lipinski definition) is 1. The molecule has 0 spiro atoms. The molecule has 110 valence electrons. The molecule has 1 unspecified atom stereocenters. The van der Waals surface area contributed by atoms with Crippen LogP contribution in [-0.2, 0) is 4.79 Å². The van der Waals surface area contributed by atoms with Gasteiger partial charge in [0, 0.05) is 17.1 Å². The van der Waals surface area contributed by atoms with Gasteiger partial charge in [-0.25, -0.2) is 0 Å². The normalized spacial score (nSPS) is 19.2. The Morgan fingerprint density at radius 2 is 2.30 bits per heavy atom. The van der Waals surface area contributed by atoms with E-state index in [4.69, 9.17) is 4.74 Å². The molecule has 1 aromatic rings. The second-order valence-electron chi connectivity index (χ2n) is 4.96. The molecular weight excluding hydrogens is 320 g/mol. The van der Waals surface area contributed by atoms with E-state index in [1.54, 1.807) is 7.11 Å². The lowest BCUT2D eigenvalue weighted by Gasteiger charge is -2.33. The first-order valence-corrected chi connectivity index (χ1v) is 7.85. The highest BCUT2D eigenvalue weighted by atomic mass is 79.9. The predicted molar refractivity (Wildman–Crippen MR) is 84.4 cm³/mol. The molecule has 1 N–H and O–H groups in total. The molecule has 5 heteroatoms. The van der Waals surface area contributed by atoms with E-state index < -0.39 is 0 Å². The van der Waals surface area contributed by atoms with Crippen LogP contribution in [0.25, 0.3) is 0 Å². The Labute approximate surface area is 128 Å². The van der Waals surface area contributed by atoms with Gasteiger partial charge >= 0.3 is 0 Å². The molecule has 0 aromatic heterocycles. The second kappa shape index (κ2) is 7.09. The SMILES string of the molecule is CCCNC1CCCN(c2cc(OC)ccc2Br)C1=O. The fourth-order valence-electron chi connectivity index (χ4n) is 2.45. The lowest BCUT2D eigenvalue weighted by atomic mass is 10.0. The van der Waals surface area contributed by atoms with Gasteiger partial charge in [-0.1, -0.05) is 6.92 Å². The number of anilines is 1. The zero-order valence-corrected chi connectivity index (χ0v) is 13.6. The number of ether oxygens (including phenoxy) is 1. The van der Waals surface area contributed by atoms with Gasteiger partial charge < -0.3 is 15.0 Å². The summed E-state index contributed by atoms with van der Waals surface area (Å²) in [6.07, 6.45) is 2.96. The van der Waals surface area contributed by atoms with E-state index in [0.29, 0.717) is 0 Å². The molecule has 1 heterocycles. The molecule has 1 aliphatic rings. The van der Waals surface area contributed by atoms with Crippen molar-refractivity contribution in [2.75, 3.05) is 25.1 Å². The number of methoxy groups -OCH3 is 1. The summed E-state index contributed by atoms with van der Waals surface area (Å²) in [5, 5.41) is 3.33. The molecule has 1 fully saturated rings. The van der Waals surface area contributed by atoms with Crippen LogP contribution in [0.15, 0.2) is 22.7 Å². The zero-order chi connectivity index (χ0) is 14.5. The molecule has 0 aliphatic carbocycles. The van der Waals surface area contributed by atoms with Crippen LogP contribution in [0.1, 0.15) is 26.2 Å². The summed E-state index contributed by atoms with van der Waals surface area (Å²) < 4.78 is 6.17. The van der Waals surface area contributed by atoms with Gasteiger partial charge in [0.2, 0.25) is 5.91 Å². The van der Waals surface area contributed by atoms with Gasteiger partial charge in [0.15, 0.2) is 0 Å². The summed E-state index contributed by atoms with van der Waals surface area (Å²) in [6, 6.07) is 5.64. The number of piperidine rings is 1. The van der Waals surface area contributed by atoms with E-state index in [-0.39, 0.29) is 11.9 Å². The van der Waals surface area contributed by atoms with Gasteiger partial charge in [0.1, 0.15) is 5.75 Å². The Balaban J connectivity index is 2.20. The van der Waals surface area contributed by atoms with Crippen molar-refractivity contribution < 1.29 is 9.53 Å². The number of amides is 1. The first-order valence-electron chi connectivity index (χ1n) is 7.05. The molecule has 20 heavy (non-hydrogen) atoms. The molecule has 1 aliphatic heterocycles. The van der Waals surface area contributed by atoms with Crippen LogP contribution in [0.4, 0.5) is 5.69 Å². The maximum Gasteiger partial charge on any atom is 0.244 e. The van der Waals surface area contributed by atoms with Crippen molar-refractivity contribution >= 4 is 27.5 Å². The number of carbonyl (C=O) groups excluding carboxylic acids is 1. The first kappa shape index (κ1) is 15.3. The standard InChI is InChI=1S/C15H21BrN2O2/c1-3-8-17-13-5-4-9-18(15(13)19)14-10-11(20-2)6-7-12(14)16/h6-7,10,13,17H,3-5,8-9H2,1-2H3. The van der Waals surface area contributed by atoms with E-state index in [0.717, 1.165) is 48.3 Å². The molecule has 1 atom stereocenters. The lowest BCUT2D eigenvalue weighted by molar-refractivity contribution is -0.121. The Bertz CT molecular complexity index is 479. The van der Waals surface area contributed by atoms with Crippen molar-refractivity contribution in [1.82, 2.24) is 5.32 Å². The number of benzene rings is 1. The number of nitrogens with one attached hydrogen (secondary N) is 1. The maximum absolute atomic E-state index is 12.6. The predicted octanol–water partition coefficient (Wildman–Crippen LogP) is 2.95. The van der Waals surface area contributed by atoms with E-state index in [9.17, 15) is 4.79 Å². The highest BCUT2D eigenvalue weighted by Crippen LogP contribution is 2.32. The third-order valence-corrected chi connectivity index (χ3v) is 4.19. The van der Waals surface area contributed by atoms with Gasteiger partial charge in [-0.2, -0.15) is 0 Å². The molecule has 1 saturated heterocycles. The fourth-order valence-corrected chi connectivity index (χ4v) is 2.91. The van der Waals surface area contributed by atoms with Gasteiger partial charge in [-0.05, 0) is 53.9 Å². The molecule has 0 saturated carbocycles. The van der Waals surface area contributed by atoms with Crippen LogP contribution < -0.4 is 15.0 Å². The number of hydrogen-bond acceptors (Lipinski definition) is 3. The molecular formula is C15H21BrN2O2.